The Morgan fingerprint density at radius 3 is 2.29 bits per heavy atom. The van der Waals surface area contributed by atoms with Gasteiger partial charge in [-0.3, -0.25) is 0 Å². The Balaban J connectivity index is 2.20. The fourth-order valence-corrected chi connectivity index (χ4v) is 2.56. The zero-order valence-corrected chi connectivity index (χ0v) is 14.7. The van der Waals surface area contributed by atoms with Crippen LogP contribution in [0.25, 0.3) is 0 Å². The van der Waals surface area contributed by atoms with Crippen LogP contribution in [-0.2, 0) is 9.53 Å². The van der Waals surface area contributed by atoms with E-state index in [1.165, 1.54) is 4.90 Å². The van der Waals surface area contributed by atoms with Crippen molar-refractivity contribution in [2.24, 2.45) is 0 Å². The summed E-state index contributed by atoms with van der Waals surface area (Å²) < 4.78 is 5.33. The summed E-state index contributed by atoms with van der Waals surface area (Å²) in [6.07, 6.45) is -0.505. The second kappa shape index (κ2) is 6.62. The van der Waals surface area contributed by atoms with Crippen molar-refractivity contribution in [2.45, 2.75) is 46.3 Å². The monoisotopic (exact) mass is 336 g/mol. The van der Waals surface area contributed by atoms with E-state index in [2.05, 4.69) is 9.97 Å². The second-order valence-corrected chi connectivity index (χ2v) is 6.92. The van der Waals surface area contributed by atoms with Crippen LogP contribution in [0, 0.1) is 13.8 Å². The van der Waals surface area contributed by atoms with Gasteiger partial charge in [0.1, 0.15) is 11.6 Å². The average Bonchev–Trinajstić information content (AvgIpc) is 2.43. The Bertz CT molecular complexity index is 621. The second-order valence-electron chi connectivity index (χ2n) is 6.92. The highest BCUT2D eigenvalue weighted by Crippen LogP contribution is 2.20. The van der Waals surface area contributed by atoms with Gasteiger partial charge in [-0.1, -0.05) is 0 Å². The summed E-state index contributed by atoms with van der Waals surface area (Å²) in [5.74, 6) is -0.644. The highest BCUT2D eigenvalue weighted by molar-refractivity contribution is 5.79. The van der Waals surface area contributed by atoms with Crippen LogP contribution in [0.15, 0.2) is 6.07 Å². The topological polar surface area (TPSA) is 95.9 Å². The van der Waals surface area contributed by atoms with Gasteiger partial charge in [0.05, 0.1) is 6.54 Å². The largest absolute Gasteiger partial charge is 0.480 e. The van der Waals surface area contributed by atoms with Crippen molar-refractivity contribution in [3.05, 3.63) is 17.5 Å². The normalized spacial score (nSPS) is 18.5. The number of aliphatic carboxylic acids is 1. The summed E-state index contributed by atoms with van der Waals surface area (Å²) in [5.41, 5.74) is 0.927. The summed E-state index contributed by atoms with van der Waals surface area (Å²) in [4.78, 5) is 35.6. The summed E-state index contributed by atoms with van der Waals surface area (Å²) in [5, 5.41) is 9.56. The molecule has 24 heavy (non-hydrogen) atoms. The lowest BCUT2D eigenvalue weighted by molar-refractivity contribution is -0.139. The molecule has 2 rings (SSSR count). The number of carboxylic acid groups (broad SMARTS) is 1. The van der Waals surface area contributed by atoms with Gasteiger partial charge in [0.2, 0.25) is 5.95 Å². The number of aromatic nitrogens is 2. The number of amides is 1. The van der Waals surface area contributed by atoms with Crippen LogP contribution in [-0.4, -0.2) is 63.3 Å². The van der Waals surface area contributed by atoms with Crippen LogP contribution in [0.5, 0.6) is 0 Å². The molecule has 0 radical (unpaired) electrons. The van der Waals surface area contributed by atoms with Crippen LogP contribution in [0.1, 0.15) is 32.2 Å². The van der Waals surface area contributed by atoms with Crippen molar-refractivity contribution in [1.82, 2.24) is 14.9 Å². The zero-order chi connectivity index (χ0) is 18.1. The maximum Gasteiger partial charge on any atom is 0.410 e. The molecule has 0 spiro atoms. The molecule has 2 heterocycles. The van der Waals surface area contributed by atoms with Gasteiger partial charge in [-0.05, 0) is 40.7 Å². The number of ether oxygens (including phenoxy) is 1. The first-order chi connectivity index (χ1) is 11.1. The molecule has 0 unspecified atom stereocenters. The number of carboxylic acids is 1. The van der Waals surface area contributed by atoms with E-state index in [4.69, 9.17) is 4.74 Å². The van der Waals surface area contributed by atoms with E-state index in [0.717, 1.165) is 11.4 Å². The van der Waals surface area contributed by atoms with Gasteiger partial charge >= 0.3 is 12.1 Å². The number of hydrogen-bond acceptors (Lipinski definition) is 6. The Kier molecular flexibility index (Phi) is 4.96. The molecule has 1 N–H and O–H groups in total. The van der Waals surface area contributed by atoms with Crippen LogP contribution in [0.3, 0.4) is 0 Å². The molecule has 8 heteroatoms. The van der Waals surface area contributed by atoms with Gasteiger partial charge in [-0.25, -0.2) is 19.6 Å². The molecule has 1 atom stereocenters. The summed E-state index contributed by atoms with van der Waals surface area (Å²) >= 11 is 0. The van der Waals surface area contributed by atoms with E-state index < -0.39 is 23.7 Å². The van der Waals surface area contributed by atoms with Crippen molar-refractivity contribution >= 4 is 18.0 Å². The van der Waals surface area contributed by atoms with Gasteiger partial charge in [-0.2, -0.15) is 0 Å². The van der Waals surface area contributed by atoms with Crippen molar-refractivity contribution in [2.75, 3.05) is 24.5 Å². The highest BCUT2D eigenvalue weighted by Gasteiger charge is 2.37. The molecule has 1 aliphatic heterocycles. The minimum atomic E-state index is -1.02. The number of rotatable bonds is 2. The molecular weight excluding hydrogens is 312 g/mol. The summed E-state index contributed by atoms with van der Waals surface area (Å²) in [6.45, 7) is 9.72. The Morgan fingerprint density at radius 1 is 1.21 bits per heavy atom. The van der Waals surface area contributed by atoms with Crippen molar-refractivity contribution in [3.8, 4) is 0 Å². The summed E-state index contributed by atoms with van der Waals surface area (Å²) in [7, 11) is 0. The smallest absolute Gasteiger partial charge is 0.410 e. The lowest BCUT2D eigenvalue weighted by atomic mass is 10.1. The van der Waals surface area contributed by atoms with Crippen LogP contribution in [0.2, 0.25) is 0 Å². The molecule has 1 aromatic heterocycles. The minimum Gasteiger partial charge on any atom is -0.480 e. The van der Waals surface area contributed by atoms with E-state index in [9.17, 15) is 14.7 Å². The third-order valence-electron chi connectivity index (χ3n) is 3.54. The third-order valence-corrected chi connectivity index (χ3v) is 3.54. The molecule has 1 aliphatic rings. The number of nitrogens with zero attached hydrogens (tertiary/aromatic N) is 4. The average molecular weight is 336 g/mol. The molecule has 1 aromatic rings. The molecule has 1 amide bonds. The number of anilines is 1. The quantitative estimate of drug-likeness (QED) is 0.876. The number of piperazine rings is 1. The molecule has 0 aromatic carbocycles. The van der Waals surface area contributed by atoms with Crippen LogP contribution >= 0.6 is 0 Å². The molecule has 0 saturated carbocycles. The third kappa shape index (κ3) is 4.33. The lowest BCUT2D eigenvalue weighted by Crippen LogP contribution is -2.59. The maximum atomic E-state index is 12.2. The van der Waals surface area contributed by atoms with Gasteiger partial charge in [0.15, 0.2) is 0 Å². The SMILES string of the molecule is Cc1cc(C)nc(N2CCN(C(=O)OC(C)(C)C)C[C@@H]2C(=O)O)n1. The lowest BCUT2D eigenvalue weighted by Gasteiger charge is -2.39. The predicted octanol–water partition coefficient (Wildman–Crippen LogP) is 1.60. The number of aryl methyl sites for hydroxylation is 2. The molecule has 1 saturated heterocycles. The molecule has 0 bridgehead atoms. The molecule has 132 valence electrons. The van der Waals surface area contributed by atoms with Crippen molar-refractivity contribution in [3.63, 3.8) is 0 Å². The van der Waals surface area contributed by atoms with Crippen molar-refractivity contribution in [1.29, 1.82) is 0 Å². The number of hydrogen-bond donors (Lipinski definition) is 1. The van der Waals surface area contributed by atoms with E-state index in [-0.39, 0.29) is 6.54 Å². The summed E-state index contributed by atoms with van der Waals surface area (Å²) in [6, 6.07) is 0.920. The Hall–Kier alpha value is -2.38. The zero-order valence-electron chi connectivity index (χ0n) is 14.7. The standard InChI is InChI=1S/C16H24N4O4/c1-10-8-11(2)18-14(17-10)20-7-6-19(9-12(20)13(21)22)15(23)24-16(3,4)5/h8,12H,6-7,9H2,1-5H3,(H,21,22)/t12-/m1/s1. The molecule has 0 aliphatic carbocycles. The maximum absolute atomic E-state index is 12.2. The molecular formula is C16H24N4O4. The van der Waals surface area contributed by atoms with Gasteiger partial charge in [0, 0.05) is 24.5 Å². The Labute approximate surface area is 141 Å². The number of carbonyl (C=O) groups excluding carboxylic acids is 1. The fourth-order valence-electron chi connectivity index (χ4n) is 2.56. The van der Waals surface area contributed by atoms with Crippen molar-refractivity contribution < 1.29 is 19.4 Å². The first-order valence-electron chi connectivity index (χ1n) is 7.86. The minimum absolute atomic E-state index is 0.0284. The first kappa shape index (κ1) is 18.0. The predicted molar refractivity (Wildman–Crippen MR) is 88.1 cm³/mol. The fraction of sp³-hybridized carbons (Fsp3) is 0.625. The van der Waals surface area contributed by atoms with E-state index >= 15 is 0 Å². The van der Waals surface area contributed by atoms with Gasteiger partial charge in [-0.15, -0.1) is 0 Å². The first-order valence-corrected chi connectivity index (χ1v) is 7.86. The van der Waals surface area contributed by atoms with Gasteiger partial charge in [0.25, 0.3) is 0 Å². The molecule has 1 fully saturated rings. The van der Waals surface area contributed by atoms with Crippen LogP contribution in [0.4, 0.5) is 10.7 Å². The van der Waals surface area contributed by atoms with Gasteiger partial charge < -0.3 is 19.6 Å². The van der Waals surface area contributed by atoms with Crippen LogP contribution < -0.4 is 4.90 Å². The van der Waals surface area contributed by atoms with E-state index in [1.54, 1.807) is 25.7 Å². The molecule has 8 nitrogen and oxygen atoms in total. The highest BCUT2D eigenvalue weighted by atomic mass is 16.6. The van der Waals surface area contributed by atoms with E-state index in [0.29, 0.717) is 19.0 Å². The van der Waals surface area contributed by atoms with E-state index in [1.807, 2.05) is 19.9 Å². The number of carbonyl (C=O) groups is 2. The Morgan fingerprint density at radius 2 is 1.79 bits per heavy atom.